The highest BCUT2D eigenvalue weighted by Crippen LogP contribution is 2.38. The normalized spacial score (nSPS) is 18.6. The highest BCUT2D eigenvalue weighted by atomic mass is 79.9. The molecule has 3 nitrogen and oxygen atoms in total. The van der Waals surface area contributed by atoms with E-state index in [9.17, 15) is 9.18 Å². The van der Waals surface area contributed by atoms with Gasteiger partial charge in [-0.05, 0) is 59.8 Å². The van der Waals surface area contributed by atoms with Gasteiger partial charge in [0.05, 0.1) is 11.2 Å². The molecule has 0 aliphatic heterocycles. The average Bonchev–Trinajstić information content (AvgIpc) is 3.07. The Kier molecular flexibility index (Phi) is 3.23. The minimum Gasteiger partial charge on any atom is -0.323 e. The molecule has 1 aromatic rings. The number of benzene rings is 1. The number of hydrogen-bond acceptors (Lipinski definition) is 2. The Morgan fingerprint density at radius 3 is 2.82 bits per heavy atom. The average molecular weight is 301 g/mol. The van der Waals surface area contributed by atoms with Gasteiger partial charge in [-0.1, -0.05) is 0 Å². The lowest BCUT2D eigenvalue weighted by Crippen LogP contribution is -2.50. The summed E-state index contributed by atoms with van der Waals surface area (Å²) in [4.78, 5) is 12.0. The van der Waals surface area contributed by atoms with Crippen molar-refractivity contribution in [2.24, 2.45) is 11.7 Å². The van der Waals surface area contributed by atoms with E-state index < -0.39 is 11.4 Å². The van der Waals surface area contributed by atoms with Gasteiger partial charge in [0.25, 0.3) is 0 Å². The van der Waals surface area contributed by atoms with Crippen LogP contribution in [-0.2, 0) is 4.79 Å². The predicted molar refractivity (Wildman–Crippen MR) is 68.0 cm³/mol. The van der Waals surface area contributed by atoms with Crippen LogP contribution < -0.4 is 11.1 Å². The zero-order valence-corrected chi connectivity index (χ0v) is 11.1. The van der Waals surface area contributed by atoms with Gasteiger partial charge in [0.1, 0.15) is 5.82 Å². The molecule has 1 aliphatic carbocycles. The summed E-state index contributed by atoms with van der Waals surface area (Å²) in [6.45, 7) is 1.72. The van der Waals surface area contributed by atoms with Gasteiger partial charge in [-0.2, -0.15) is 0 Å². The Hall–Kier alpha value is -0.940. The van der Waals surface area contributed by atoms with Gasteiger partial charge >= 0.3 is 0 Å². The van der Waals surface area contributed by atoms with Crippen LogP contribution in [0.1, 0.15) is 19.8 Å². The first-order chi connectivity index (χ1) is 7.91. The lowest BCUT2D eigenvalue weighted by atomic mass is 9.96. The first-order valence-corrected chi connectivity index (χ1v) is 6.26. The molecule has 0 saturated heterocycles. The molecule has 1 unspecified atom stereocenters. The van der Waals surface area contributed by atoms with Gasteiger partial charge in [-0.3, -0.25) is 4.79 Å². The molecule has 1 saturated carbocycles. The van der Waals surface area contributed by atoms with Crippen molar-refractivity contribution in [1.29, 1.82) is 0 Å². The molecule has 0 bridgehead atoms. The second-order valence-corrected chi connectivity index (χ2v) is 5.49. The summed E-state index contributed by atoms with van der Waals surface area (Å²) in [5.41, 5.74) is 5.51. The fraction of sp³-hybridized carbons (Fsp3) is 0.417. The number of carbonyl (C=O) groups is 1. The number of carbonyl (C=O) groups excluding carboxylic acids is 1. The monoisotopic (exact) mass is 300 g/mol. The molecule has 0 spiro atoms. The molecule has 0 heterocycles. The molecule has 1 aliphatic rings. The summed E-state index contributed by atoms with van der Waals surface area (Å²) < 4.78 is 13.7. The molecule has 1 amide bonds. The summed E-state index contributed by atoms with van der Waals surface area (Å²) in [5, 5.41) is 2.66. The second kappa shape index (κ2) is 4.38. The fourth-order valence-electron chi connectivity index (χ4n) is 1.72. The molecule has 0 radical (unpaired) electrons. The van der Waals surface area contributed by atoms with Crippen LogP contribution in [0.15, 0.2) is 22.7 Å². The van der Waals surface area contributed by atoms with Crippen LogP contribution in [0.5, 0.6) is 0 Å². The molecular weight excluding hydrogens is 287 g/mol. The van der Waals surface area contributed by atoms with Crippen LogP contribution in [0.3, 0.4) is 0 Å². The third-order valence-corrected chi connectivity index (χ3v) is 3.78. The van der Waals surface area contributed by atoms with Crippen molar-refractivity contribution in [1.82, 2.24) is 0 Å². The zero-order chi connectivity index (χ0) is 12.6. The molecule has 92 valence electrons. The van der Waals surface area contributed by atoms with Gasteiger partial charge in [-0.15, -0.1) is 0 Å². The van der Waals surface area contributed by atoms with E-state index >= 15 is 0 Å². The fourth-order valence-corrected chi connectivity index (χ4v) is 2.06. The second-order valence-electron chi connectivity index (χ2n) is 4.64. The van der Waals surface area contributed by atoms with E-state index in [4.69, 9.17) is 5.73 Å². The molecule has 3 N–H and O–H groups in total. The quantitative estimate of drug-likeness (QED) is 0.902. The van der Waals surface area contributed by atoms with E-state index in [2.05, 4.69) is 21.2 Å². The van der Waals surface area contributed by atoms with E-state index in [1.54, 1.807) is 13.0 Å². The van der Waals surface area contributed by atoms with E-state index in [-0.39, 0.29) is 11.8 Å². The lowest BCUT2D eigenvalue weighted by molar-refractivity contribution is -0.121. The summed E-state index contributed by atoms with van der Waals surface area (Å²) in [7, 11) is 0. The molecular formula is C12H14BrFN2O. The molecule has 0 aromatic heterocycles. The van der Waals surface area contributed by atoms with Crippen LogP contribution >= 0.6 is 15.9 Å². The molecule has 1 atom stereocenters. The van der Waals surface area contributed by atoms with Crippen LogP contribution in [0, 0.1) is 11.7 Å². The van der Waals surface area contributed by atoms with Gasteiger partial charge in [0, 0.05) is 4.47 Å². The molecule has 17 heavy (non-hydrogen) atoms. The maximum atomic E-state index is 13.1. The third-order valence-electron chi connectivity index (χ3n) is 3.09. The van der Waals surface area contributed by atoms with E-state index in [1.807, 2.05) is 0 Å². The first-order valence-electron chi connectivity index (χ1n) is 5.46. The largest absolute Gasteiger partial charge is 0.323 e. The summed E-state index contributed by atoms with van der Waals surface area (Å²) in [6.07, 6.45) is 1.95. The van der Waals surface area contributed by atoms with Crippen LogP contribution in [0.25, 0.3) is 0 Å². The van der Waals surface area contributed by atoms with Gasteiger partial charge in [-0.25, -0.2) is 4.39 Å². The smallest absolute Gasteiger partial charge is 0.244 e. The maximum absolute atomic E-state index is 13.1. The molecule has 5 heteroatoms. The molecule has 2 rings (SSSR count). The first kappa shape index (κ1) is 12.5. The minimum atomic E-state index is -0.883. The van der Waals surface area contributed by atoms with Crippen molar-refractivity contribution in [2.45, 2.75) is 25.3 Å². The summed E-state index contributed by atoms with van der Waals surface area (Å²) >= 11 is 3.26. The van der Waals surface area contributed by atoms with Crippen molar-refractivity contribution < 1.29 is 9.18 Å². The zero-order valence-electron chi connectivity index (χ0n) is 9.47. The van der Waals surface area contributed by atoms with Crippen molar-refractivity contribution in [3.63, 3.8) is 0 Å². The van der Waals surface area contributed by atoms with Gasteiger partial charge in [0.15, 0.2) is 0 Å². The Balaban J connectivity index is 2.15. The highest BCUT2D eigenvalue weighted by Gasteiger charge is 2.44. The number of nitrogens with two attached hydrogens (primary N) is 1. The number of amides is 1. The molecule has 1 aromatic carbocycles. The SMILES string of the molecule is CC(N)(C(=O)Nc1cc(F)ccc1Br)C1CC1. The van der Waals surface area contributed by atoms with E-state index in [0.717, 1.165) is 12.8 Å². The summed E-state index contributed by atoms with van der Waals surface area (Å²) in [5.74, 6) is -0.435. The van der Waals surface area contributed by atoms with E-state index in [0.29, 0.717) is 10.2 Å². The summed E-state index contributed by atoms with van der Waals surface area (Å²) in [6, 6.07) is 4.14. The Morgan fingerprint density at radius 1 is 1.59 bits per heavy atom. The van der Waals surface area contributed by atoms with Crippen molar-refractivity contribution >= 4 is 27.5 Å². The van der Waals surface area contributed by atoms with Crippen LogP contribution in [0.2, 0.25) is 0 Å². The standard InChI is InChI=1S/C12H14BrFN2O/c1-12(15,7-2-3-7)11(17)16-10-6-8(14)4-5-9(10)13/h4-7H,2-3,15H2,1H3,(H,16,17). The highest BCUT2D eigenvalue weighted by molar-refractivity contribution is 9.10. The van der Waals surface area contributed by atoms with Crippen molar-refractivity contribution in [3.8, 4) is 0 Å². The topological polar surface area (TPSA) is 55.1 Å². The Labute approximate surface area is 108 Å². The van der Waals surface area contributed by atoms with Crippen molar-refractivity contribution in [2.75, 3.05) is 5.32 Å². The van der Waals surface area contributed by atoms with Crippen LogP contribution in [-0.4, -0.2) is 11.4 Å². The third kappa shape index (κ3) is 2.66. The van der Waals surface area contributed by atoms with Crippen LogP contribution in [0.4, 0.5) is 10.1 Å². The Bertz CT molecular complexity index is 458. The van der Waals surface area contributed by atoms with Crippen molar-refractivity contribution in [3.05, 3.63) is 28.5 Å². The number of anilines is 1. The minimum absolute atomic E-state index is 0.231. The van der Waals surface area contributed by atoms with Gasteiger partial charge in [0.2, 0.25) is 5.91 Å². The Morgan fingerprint density at radius 2 is 2.24 bits per heavy atom. The van der Waals surface area contributed by atoms with Gasteiger partial charge < -0.3 is 11.1 Å². The molecule has 1 fully saturated rings. The number of rotatable bonds is 3. The number of halogens is 2. The maximum Gasteiger partial charge on any atom is 0.244 e. The number of hydrogen-bond donors (Lipinski definition) is 2. The lowest BCUT2D eigenvalue weighted by Gasteiger charge is -2.23. The number of nitrogens with one attached hydrogen (secondary N) is 1. The predicted octanol–water partition coefficient (Wildman–Crippen LogP) is 2.65. The van der Waals surface area contributed by atoms with E-state index in [1.165, 1.54) is 12.1 Å².